The Hall–Kier alpha value is -0.0900. The topological polar surface area (TPSA) is 43.4 Å². The van der Waals surface area contributed by atoms with Crippen molar-refractivity contribution in [3.63, 3.8) is 0 Å². The molecular weight excluding hydrogens is 140 g/mol. The van der Waals surface area contributed by atoms with E-state index in [0.717, 1.165) is 6.42 Å². The normalized spacial score (nSPS) is 14.1. The van der Waals surface area contributed by atoms with E-state index >= 15 is 0 Å². The first-order valence-electron chi connectivity index (χ1n) is 2.94. The first-order chi connectivity index (χ1) is 4.16. The van der Waals surface area contributed by atoms with Gasteiger partial charge in [-0.15, -0.1) is 0 Å². The Morgan fingerprint density at radius 3 is 2.44 bits per heavy atom. The number of hydrogen-bond acceptors (Lipinski definition) is 3. The molecule has 0 saturated carbocycles. The quantitative estimate of drug-likeness (QED) is 0.599. The van der Waals surface area contributed by atoms with Crippen LogP contribution < -0.4 is 0 Å². The highest BCUT2D eigenvalue weighted by Gasteiger charge is 1.97. The fourth-order valence-corrected chi connectivity index (χ4v) is 0.682. The minimum atomic E-state index is -2.64. The molecule has 9 heavy (non-hydrogen) atoms. The van der Waals surface area contributed by atoms with Crippen molar-refractivity contribution in [2.75, 3.05) is 6.61 Å². The summed E-state index contributed by atoms with van der Waals surface area (Å²) in [6.45, 7) is 4.25. The van der Waals surface area contributed by atoms with Crippen molar-refractivity contribution in [1.82, 2.24) is 0 Å². The van der Waals surface area contributed by atoms with E-state index in [0.29, 0.717) is 12.5 Å². The standard InChI is InChI=1S/C5H12O3S/c1-3-5(2)4-8-9(6)7/h5,9H,3-4H2,1-2H3. The second-order valence-corrected chi connectivity index (χ2v) is 2.74. The second kappa shape index (κ2) is 4.76. The summed E-state index contributed by atoms with van der Waals surface area (Å²) in [4.78, 5) is 0. The number of rotatable bonds is 4. The maximum Gasteiger partial charge on any atom is 0.257 e. The smallest absolute Gasteiger partial charge is 0.257 e. The van der Waals surface area contributed by atoms with Gasteiger partial charge in [0.2, 0.25) is 0 Å². The van der Waals surface area contributed by atoms with Gasteiger partial charge in [0.25, 0.3) is 11.0 Å². The lowest BCUT2D eigenvalue weighted by Gasteiger charge is -2.02. The average Bonchev–Trinajstić information content (AvgIpc) is 1.83. The van der Waals surface area contributed by atoms with E-state index in [2.05, 4.69) is 4.18 Å². The Morgan fingerprint density at radius 1 is 1.56 bits per heavy atom. The van der Waals surface area contributed by atoms with Gasteiger partial charge in [0.05, 0.1) is 6.61 Å². The van der Waals surface area contributed by atoms with E-state index in [1.165, 1.54) is 0 Å². The van der Waals surface area contributed by atoms with E-state index in [-0.39, 0.29) is 0 Å². The zero-order valence-corrected chi connectivity index (χ0v) is 6.56. The minimum absolute atomic E-state index is 0.315. The fraction of sp³-hybridized carbons (Fsp3) is 1.00. The van der Waals surface area contributed by atoms with Gasteiger partial charge in [0, 0.05) is 0 Å². The molecule has 0 N–H and O–H groups in total. The van der Waals surface area contributed by atoms with Gasteiger partial charge in [-0.05, 0) is 5.92 Å². The summed E-state index contributed by atoms with van der Waals surface area (Å²) >= 11 is 0. The molecule has 0 radical (unpaired) electrons. The summed E-state index contributed by atoms with van der Waals surface area (Å²) in [6, 6.07) is 0. The van der Waals surface area contributed by atoms with Crippen LogP contribution in [0, 0.1) is 5.92 Å². The monoisotopic (exact) mass is 152 g/mol. The summed E-state index contributed by atoms with van der Waals surface area (Å²) < 4.78 is 24.0. The summed E-state index contributed by atoms with van der Waals surface area (Å²) in [5.41, 5.74) is 0. The molecule has 0 aromatic heterocycles. The predicted molar refractivity (Wildman–Crippen MR) is 35.7 cm³/mol. The lowest BCUT2D eigenvalue weighted by Crippen LogP contribution is -2.02. The minimum Gasteiger partial charge on any atom is -0.272 e. The molecule has 1 unspecified atom stereocenters. The van der Waals surface area contributed by atoms with Gasteiger partial charge in [-0.1, -0.05) is 20.3 Å². The highest BCUT2D eigenvalue weighted by Crippen LogP contribution is 1.99. The largest absolute Gasteiger partial charge is 0.272 e. The molecule has 56 valence electrons. The summed E-state index contributed by atoms with van der Waals surface area (Å²) in [7, 11) is -2.64. The second-order valence-electron chi connectivity index (χ2n) is 2.03. The van der Waals surface area contributed by atoms with Gasteiger partial charge < -0.3 is 0 Å². The van der Waals surface area contributed by atoms with E-state index < -0.39 is 11.0 Å². The van der Waals surface area contributed by atoms with Gasteiger partial charge in [-0.25, -0.2) is 8.42 Å². The molecule has 0 aliphatic heterocycles. The zero-order chi connectivity index (χ0) is 7.28. The van der Waals surface area contributed by atoms with E-state index in [1.54, 1.807) is 0 Å². The molecule has 4 heteroatoms. The van der Waals surface area contributed by atoms with Crippen LogP contribution in [0.15, 0.2) is 0 Å². The van der Waals surface area contributed by atoms with Crippen LogP contribution in [0.25, 0.3) is 0 Å². The molecule has 0 aliphatic rings. The summed E-state index contributed by atoms with van der Waals surface area (Å²) in [5.74, 6) is 0.331. The van der Waals surface area contributed by atoms with Crippen molar-refractivity contribution < 1.29 is 12.6 Å². The van der Waals surface area contributed by atoms with Crippen LogP contribution in [0.4, 0.5) is 0 Å². The fourth-order valence-electron chi connectivity index (χ4n) is 0.306. The van der Waals surface area contributed by atoms with Crippen LogP contribution in [0.1, 0.15) is 20.3 Å². The molecule has 3 nitrogen and oxygen atoms in total. The van der Waals surface area contributed by atoms with Crippen molar-refractivity contribution in [2.24, 2.45) is 5.92 Å². The highest BCUT2D eigenvalue weighted by atomic mass is 32.2. The summed E-state index contributed by atoms with van der Waals surface area (Å²) in [5, 5.41) is 0. The molecule has 0 saturated heterocycles. The van der Waals surface area contributed by atoms with Crippen molar-refractivity contribution in [1.29, 1.82) is 0 Å². The van der Waals surface area contributed by atoms with Crippen molar-refractivity contribution in [3.8, 4) is 0 Å². The van der Waals surface area contributed by atoms with Crippen molar-refractivity contribution >= 4 is 11.0 Å². The Morgan fingerprint density at radius 2 is 2.11 bits per heavy atom. The first-order valence-corrected chi connectivity index (χ1v) is 4.03. The molecule has 0 fully saturated rings. The van der Waals surface area contributed by atoms with Gasteiger partial charge in [0.15, 0.2) is 0 Å². The van der Waals surface area contributed by atoms with E-state index in [4.69, 9.17) is 0 Å². The first kappa shape index (κ1) is 8.91. The molecule has 0 rings (SSSR count). The summed E-state index contributed by atoms with van der Waals surface area (Å²) in [6.07, 6.45) is 0.948. The maximum absolute atomic E-state index is 9.83. The third-order valence-corrected chi connectivity index (χ3v) is 1.52. The Balaban J connectivity index is 3.27. The predicted octanol–water partition coefficient (Wildman–Crippen LogP) is 0.576. The van der Waals surface area contributed by atoms with Crippen LogP contribution in [0.3, 0.4) is 0 Å². The van der Waals surface area contributed by atoms with Crippen LogP contribution in [-0.4, -0.2) is 15.0 Å². The number of hydrogen-bond donors (Lipinski definition) is 1. The highest BCUT2D eigenvalue weighted by molar-refractivity contribution is 7.67. The molecule has 0 spiro atoms. The van der Waals surface area contributed by atoms with Crippen LogP contribution in [0.5, 0.6) is 0 Å². The SMILES string of the molecule is CCC(C)CO[SH](=O)=O. The zero-order valence-electron chi connectivity index (χ0n) is 5.66. The van der Waals surface area contributed by atoms with Gasteiger partial charge in [0.1, 0.15) is 0 Å². The number of thiol groups is 1. The maximum atomic E-state index is 9.83. The molecule has 0 aromatic rings. The van der Waals surface area contributed by atoms with Crippen LogP contribution in [0.2, 0.25) is 0 Å². The molecule has 0 bridgehead atoms. The molecule has 0 aliphatic carbocycles. The third kappa shape index (κ3) is 5.79. The average molecular weight is 152 g/mol. The van der Waals surface area contributed by atoms with Gasteiger partial charge in [-0.2, -0.15) is 0 Å². The molecule has 1 atom stereocenters. The van der Waals surface area contributed by atoms with Gasteiger partial charge in [-0.3, -0.25) is 4.18 Å². The lowest BCUT2D eigenvalue weighted by atomic mass is 10.1. The van der Waals surface area contributed by atoms with Crippen LogP contribution >= 0.6 is 0 Å². The lowest BCUT2D eigenvalue weighted by molar-refractivity contribution is 0.272. The van der Waals surface area contributed by atoms with Crippen molar-refractivity contribution in [2.45, 2.75) is 20.3 Å². The van der Waals surface area contributed by atoms with E-state index in [9.17, 15) is 8.42 Å². The molecular formula is C5H12O3S. The van der Waals surface area contributed by atoms with Gasteiger partial charge >= 0.3 is 0 Å². The third-order valence-electron chi connectivity index (χ3n) is 1.16. The van der Waals surface area contributed by atoms with Crippen molar-refractivity contribution in [3.05, 3.63) is 0 Å². The Bertz CT molecular complexity index is 122. The Labute approximate surface area is 57.2 Å². The van der Waals surface area contributed by atoms with E-state index in [1.807, 2.05) is 13.8 Å². The molecule has 0 aromatic carbocycles. The van der Waals surface area contributed by atoms with Crippen LogP contribution in [-0.2, 0) is 15.2 Å². The molecule has 0 heterocycles. The Kier molecular flexibility index (Phi) is 4.71. The molecule has 0 amide bonds.